The summed E-state index contributed by atoms with van der Waals surface area (Å²) in [5.41, 5.74) is 1.04. The van der Waals surface area contributed by atoms with E-state index in [9.17, 15) is 9.59 Å². The summed E-state index contributed by atoms with van der Waals surface area (Å²) in [6.07, 6.45) is 1.84. The average molecular weight is 340 g/mol. The minimum absolute atomic E-state index is 0.0195. The predicted octanol–water partition coefficient (Wildman–Crippen LogP) is 2.37. The summed E-state index contributed by atoms with van der Waals surface area (Å²) >= 11 is 1.64. The quantitative estimate of drug-likeness (QED) is 0.718. The molecule has 1 atom stereocenters. The first-order valence-electron chi connectivity index (χ1n) is 7.84. The van der Waals surface area contributed by atoms with Crippen molar-refractivity contribution in [3.63, 3.8) is 0 Å². The average Bonchev–Trinajstić information content (AvgIpc) is 3.22. The van der Waals surface area contributed by atoms with Crippen LogP contribution in [0, 0.1) is 0 Å². The number of aryl methyl sites for hydroxylation is 1. The van der Waals surface area contributed by atoms with Gasteiger partial charge in [-0.3, -0.25) is 9.59 Å². The van der Waals surface area contributed by atoms with Crippen LogP contribution in [0.2, 0.25) is 0 Å². The molecule has 1 fully saturated rings. The number of hydrogen-bond donors (Lipinski definition) is 0. The second-order valence-corrected chi connectivity index (χ2v) is 6.92. The number of para-hydroxylation sites is 1. The van der Waals surface area contributed by atoms with Gasteiger partial charge in [0.05, 0.1) is 16.3 Å². The molecule has 122 valence electrons. The molecule has 0 aliphatic carbocycles. The summed E-state index contributed by atoms with van der Waals surface area (Å²) in [4.78, 5) is 30.8. The molecule has 2 aromatic heterocycles. The first-order valence-corrected chi connectivity index (χ1v) is 8.66. The molecular formula is C17H16N4O2S. The zero-order chi connectivity index (χ0) is 16.7. The van der Waals surface area contributed by atoms with Crippen LogP contribution in [0.15, 0.2) is 41.2 Å². The fourth-order valence-electron chi connectivity index (χ4n) is 3.06. The van der Waals surface area contributed by atoms with Gasteiger partial charge in [-0.25, -0.2) is 9.67 Å². The number of fused-ring (bicyclic) bond motifs is 1. The molecule has 7 heteroatoms. The molecule has 0 bridgehead atoms. The monoisotopic (exact) mass is 340 g/mol. The minimum atomic E-state index is -0.226. The first kappa shape index (κ1) is 15.0. The SMILES string of the molecule is Cn1nc(C(=O)N2CCC[C@H]2c2nc3ccccc3s2)ccc1=O. The Kier molecular flexibility index (Phi) is 3.65. The van der Waals surface area contributed by atoms with Gasteiger partial charge in [0.2, 0.25) is 0 Å². The molecule has 3 aromatic rings. The topological polar surface area (TPSA) is 68.1 Å². The third kappa shape index (κ3) is 2.50. The largest absolute Gasteiger partial charge is 0.328 e. The maximum Gasteiger partial charge on any atom is 0.274 e. The second kappa shape index (κ2) is 5.83. The fourth-order valence-corrected chi connectivity index (χ4v) is 4.18. The Balaban J connectivity index is 1.67. The Morgan fingerprint density at radius 3 is 2.88 bits per heavy atom. The summed E-state index contributed by atoms with van der Waals surface area (Å²) < 4.78 is 2.32. The zero-order valence-corrected chi connectivity index (χ0v) is 14.0. The van der Waals surface area contributed by atoms with Crippen LogP contribution in [-0.4, -0.2) is 32.1 Å². The lowest BCUT2D eigenvalue weighted by Crippen LogP contribution is -2.33. The van der Waals surface area contributed by atoms with E-state index in [0.29, 0.717) is 12.2 Å². The van der Waals surface area contributed by atoms with Crippen LogP contribution in [0.4, 0.5) is 0 Å². The zero-order valence-electron chi connectivity index (χ0n) is 13.2. The van der Waals surface area contributed by atoms with Crippen molar-refractivity contribution >= 4 is 27.5 Å². The first-order chi connectivity index (χ1) is 11.6. The van der Waals surface area contributed by atoms with Gasteiger partial charge in [-0.2, -0.15) is 5.10 Å². The molecule has 1 aliphatic heterocycles. The van der Waals surface area contributed by atoms with E-state index in [1.165, 1.54) is 16.8 Å². The van der Waals surface area contributed by atoms with E-state index in [-0.39, 0.29) is 17.5 Å². The maximum atomic E-state index is 12.8. The molecular weight excluding hydrogens is 324 g/mol. The van der Waals surface area contributed by atoms with Crippen molar-refractivity contribution in [1.29, 1.82) is 0 Å². The standard InChI is InChI=1S/C17H16N4O2S/c1-20-15(22)9-8-12(19-20)17(23)21-10-4-6-13(21)16-18-11-5-2-3-7-14(11)24-16/h2-3,5,7-9,13H,4,6,10H2,1H3/t13-/m0/s1. The van der Waals surface area contributed by atoms with Gasteiger partial charge in [-0.15, -0.1) is 11.3 Å². The minimum Gasteiger partial charge on any atom is -0.328 e. The lowest BCUT2D eigenvalue weighted by Gasteiger charge is -2.22. The highest BCUT2D eigenvalue weighted by atomic mass is 32.1. The summed E-state index contributed by atoms with van der Waals surface area (Å²) in [5.74, 6) is -0.146. The van der Waals surface area contributed by atoms with Crippen molar-refractivity contribution in [2.24, 2.45) is 7.05 Å². The molecule has 1 amide bonds. The maximum absolute atomic E-state index is 12.8. The molecule has 0 spiro atoms. The highest BCUT2D eigenvalue weighted by Crippen LogP contribution is 2.36. The number of rotatable bonds is 2. The van der Waals surface area contributed by atoms with Crippen LogP contribution in [0.1, 0.15) is 34.4 Å². The third-order valence-electron chi connectivity index (χ3n) is 4.29. The smallest absolute Gasteiger partial charge is 0.274 e. The normalized spacial score (nSPS) is 17.5. The van der Waals surface area contributed by atoms with Crippen molar-refractivity contribution in [2.75, 3.05) is 6.54 Å². The number of nitrogens with zero attached hydrogens (tertiary/aromatic N) is 4. The molecule has 0 saturated carbocycles. The number of carbonyl (C=O) groups is 1. The summed E-state index contributed by atoms with van der Waals surface area (Å²) in [6, 6.07) is 10.9. The van der Waals surface area contributed by atoms with E-state index >= 15 is 0 Å². The molecule has 24 heavy (non-hydrogen) atoms. The van der Waals surface area contributed by atoms with Crippen molar-refractivity contribution < 1.29 is 4.79 Å². The van der Waals surface area contributed by atoms with Gasteiger partial charge in [0.25, 0.3) is 11.5 Å². The van der Waals surface area contributed by atoms with Crippen LogP contribution in [0.25, 0.3) is 10.2 Å². The van der Waals surface area contributed by atoms with Crippen molar-refractivity contribution in [2.45, 2.75) is 18.9 Å². The summed E-state index contributed by atoms with van der Waals surface area (Å²) in [5, 5.41) is 5.05. The highest BCUT2D eigenvalue weighted by molar-refractivity contribution is 7.18. The van der Waals surface area contributed by atoms with Crippen molar-refractivity contribution in [3.05, 3.63) is 57.5 Å². The molecule has 3 heterocycles. The Hall–Kier alpha value is -2.54. The molecule has 4 rings (SSSR count). The van der Waals surface area contributed by atoms with E-state index in [1.54, 1.807) is 18.4 Å². The third-order valence-corrected chi connectivity index (χ3v) is 5.43. The molecule has 0 N–H and O–H groups in total. The molecule has 1 aromatic carbocycles. The fraction of sp³-hybridized carbons (Fsp3) is 0.294. The second-order valence-electron chi connectivity index (χ2n) is 5.86. The van der Waals surface area contributed by atoms with E-state index in [1.807, 2.05) is 29.2 Å². The van der Waals surface area contributed by atoms with Crippen LogP contribution in [0.5, 0.6) is 0 Å². The van der Waals surface area contributed by atoms with Crippen LogP contribution in [-0.2, 0) is 7.05 Å². The Morgan fingerprint density at radius 2 is 2.08 bits per heavy atom. The van der Waals surface area contributed by atoms with E-state index in [2.05, 4.69) is 5.10 Å². The summed E-state index contributed by atoms with van der Waals surface area (Å²) in [7, 11) is 1.55. The van der Waals surface area contributed by atoms with Crippen LogP contribution in [0.3, 0.4) is 0 Å². The van der Waals surface area contributed by atoms with Gasteiger partial charge in [-0.05, 0) is 31.0 Å². The number of amides is 1. The van der Waals surface area contributed by atoms with Gasteiger partial charge >= 0.3 is 0 Å². The van der Waals surface area contributed by atoms with E-state index in [0.717, 1.165) is 28.1 Å². The number of likely N-dealkylation sites (tertiary alicyclic amines) is 1. The van der Waals surface area contributed by atoms with Gasteiger partial charge < -0.3 is 4.90 Å². The molecule has 0 radical (unpaired) electrons. The van der Waals surface area contributed by atoms with Crippen molar-refractivity contribution in [1.82, 2.24) is 19.7 Å². The van der Waals surface area contributed by atoms with Crippen molar-refractivity contribution in [3.8, 4) is 0 Å². The lowest BCUT2D eigenvalue weighted by molar-refractivity contribution is 0.0727. The van der Waals surface area contributed by atoms with Gasteiger partial charge in [0.15, 0.2) is 0 Å². The number of aromatic nitrogens is 3. The van der Waals surface area contributed by atoms with E-state index in [4.69, 9.17) is 4.98 Å². The summed E-state index contributed by atoms with van der Waals surface area (Å²) in [6.45, 7) is 0.684. The van der Waals surface area contributed by atoms with Gasteiger partial charge in [0.1, 0.15) is 10.7 Å². The number of benzene rings is 1. The Labute approximate surface area is 142 Å². The van der Waals surface area contributed by atoms with E-state index < -0.39 is 0 Å². The Bertz CT molecular complexity index is 945. The predicted molar refractivity (Wildman–Crippen MR) is 92.1 cm³/mol. The number of carbonyl (C=O) groups excluding carboxylic acids is 1. The van der Waals surface area contributed by atoms with Crippen LogP contribution < -0.4 is 5.56 Å². The highest BCUT2D eigenvalue weighted by Gasteiger charge is 2.33. The van der Waals surface area contributed by atoms with Gasteiger partial charge in [-0.1, -0.05) is 12.1 Å². The molecule has 0 unspecified atom stereocenters. The number of thiazole rings is 1. The molecule has 1 saturated heterocycles. The van der Waals surface area contributed by atoms with Crippen LogP contribution >= 0.6 is 11.3 Å². The molecule has 6 nitrogen and oxygen atoms in total. The Morgan fingerprint density at radius 1 is 1.25 bits per heavy atom. The number of hydrogen-bond acceptors (Lipinski definition) is 5. The lowest BCUT2D eigenvalue weighted by atomic mass is 10.2. The van der Waals surface area contributed by atoms with Gasteiger partial charge in [0, 0.05) is 19.7 Å². The molecule has 1 aliphatic rings.